The topological polar surface area (TPSA) is 64.3 Å². The fraction of sp³-hybridized carbons (Fsp3) is 0.562. The van der Waals surface area contributed by atoms with Gasteiger partial charge >= 0.3 is 0 Å². The van der Waals surface area contributed by atoms with Crippen molar-refractivity contribution in [2.24, 2.45) is 5.73 Å². The summed E-state index contributed by atoms with van der Waals surface area (Å²) in [6.45, 7) is 2.04. The smallest absolute Gasteiger partial charge is 0.258 e. The van der Waals surface area contributed by atoms with Gasteiger partial charge in [-0.15, -0.1) is 0 Å². The molecule has 0 saturated heterocycles. The standard InChI is InChI=1S/C16H23BrN2O2/c1-11(18)8-12-6-7-15(14(17)9-12)21-10-16(20)19-13-4-2-3-5-13/h6-7,9,11,13H,2-5,8,10,18H2,1H3,(H,19,20). The molecule has 21 heavy (non-hydrogen) atoms. The van der Waals surface area contributed by atoms with Crippen LogP contribution in [0.3, 0.4) is 0 Å². The van der Waals surface area contributed by atoms with E-state index in [1.807, 2.05) is 25.1 Å². The molecule has 1 unspecified atom stereocenters. The lowest BCUT2D eigenvalue weighted by molar-refractivity contribution is -0.123. The van der Waals surface area contributed by atoms with E-state index in [1.165, 1.54) is 12.8 Å². The Labute approximate surface area is 134 Å². The molecule has 116 valence electrons. The number of benzene rings is 1. The first-order chi connectivity index (χ1) is 10.0. The molecule has 0 radical (unpaired) electrons. The average Bonchev–Trinajstić information content (AvgIpc) is 2.90. The quantitative estimate of drug-likeness (QED) is 0.825. The van der Waals surface area contributed by atoms with Crippen molar-refractivity contribution < 1.29 is 9.53 Å². The average molecular weight is 355 g/mol. The van der Waals surface area contributed by atoms with Crippen molar-refractivity contribution in [3.05, 3.63) is 28.2 Å². The fourth-order valence-electron chi connectivity index (χ4n) is 2.64. The molecule has 1 aromatic carbocycles. The number of hydrogen-bond acceptors (Lipinski definition) is 3. The monoisotopic (exact) mass is 354 g/mol. The minimum Gasteiger partial charge on any atom is -0.483 e. The van der Waals surface area contributed by atoms with Crippen LogP contribution >= 0.6 is 15.9 Å². The van der Waals surface area contributed by atoms with Gasteiger partial charge in [-0.25, -0.2) is 0 Å². The second-order valence-corrected chi connectivity index (χ2v) is 6.64. The summed E-state index contributed by atoms with van der Waals surface area (Å²) in [7, 11) is 0. The Bertz CT molecular complexity index is 485. The first-order valence-corrected chi connectivity index (χ1v) is 8.30. The third kappa shape index (κ3) is 5.32. The molecule has 1 aliphatic carbocycles. The summed E-state index contributed by atoms with van der Waals surface area (Å²) in [6, 6.07) is 6.31. The normalized spacial score (nSPS) is 16.7. The van der Waals surface area contributed by atoms with Gasteiger partial charge in [0.1, 0.15) is 5.75 Å². The molecule has 1 fully saturated rings. The Morgan fingerprint density at radius 2 is 2.19 bits per heavy atom. The van der Waals surface area contributed by atoms with Crippen LogP contribution in [0.1, 0.15) is 38.2 Å². The maximum atomic E-state index is 11.8. The molecule has 0 bridgehead atoms. The Balaban J connectivity index is 1.83. The van der Waals surface area contributed by atoms with Gasteiger partial charge in [-0.3, -0.25) is 4.79 Å². The third-order valence-electron chi connectivity index (χ3n) is 3.63. The van der Waals surface area contributed by atoms with Gasteiger partial charge in [0.25, 0.3) is 5.91 Å². The number of halogens is 1. The van der Waals surface area contributed by atoms with Crippen molar-refractivity contribution in [3.8, 4) is 5.75 Å². The summed E-state index contributed by atoms with van der Waals surface area (Å²) in [6.07, 6.45) is 5.40. The SMILES string of the molecule is CC(N)Cc1ccc(OCC(=O)NC2CCCC2)c(Br)c1. The highest BCUT2D eigenvalue weighted by molar-refractivity contribution is 9.10. The van der Waals surface area contributed by atoms with Gasteiger partial charge in [-0.2, -0.15) is 0 Å². The van der Waals surface area contributed by atoms with Crippen LogP contribution in [0.2, 0.25) is 0 Å². The summed E-state index contributed by atoms with van der Waals surface area (Å²) in [5.41, 5.74) is 6.94. The van der Waals surface area contributed by atoms with E-state index < -0.39 is 0 Å². The van der Waals surface area contributed by atoms with E-state index in [2.05, 4.69) is 21.2 Å². The molecule has 1 aromatic rings. The Kier molecular flexibility index (Phi) is 6.06. The van der Waals surface area contributed by atoms with Crippen molar-refractivity contribution in [3.63, 3.8) is 0 Å². The number of rotatable bonds is 6. The number of nitrogens with one attached hydrogen (secondary N) is 1. The van der Waals surface area contributed by atoms with Gasteiger partial charge in [-0.05, 0) is 59.8 Å². The summed E-state index contributed by atoms with van der Waals surface area (Å²) in [5, 5.41) is 3.01. The summed E-state index contributed by atoms with van der Waals surface area (Å²) in [5.74, 6) is 0.637. The van der Waals surface area contributed by atoms with E-state index in [0.717, 1.165) is 29.3 Å². The van der Waals surface area contributed by atoms with Crippen molar-refractivity contribution >= 4 is 21.8 Å². The largest absolute Gasteiger partial charge is 0.483 e. The van der Waals surface area contributed by atoms with Crippen molar-refractivity contribution in [2.45, 2.75) is 51.1 Å². The summed E-state index contributed by atoms with van der Waals surface area (Å²) in [4.78, 5) is 11.8. The van der Waals surface area contributed by atoms with Crippen LogP contribution in [-0.4, -0.2) is 24.6 Å². The highest BCUT2D eigenvalue weighted by Gasteiger charge is 2.17. The zero-order chi connectivity index (χ0) is 15.2. The van der Waals surface area contributed by atoms with Crippen LogP contribution in [0, 0.1) is 0 Å². The lowest BCUT2D eigenvalue weighted by atomic mass is 10.1. The maximum Gasteiger partial charge on any atom is 0.258 e. The molecule has 1 aliphatic rings. The minimum absolute atomic E-state index is 0.0477. The van der Waals surface area contributed by atoms with Crippen molar-refractivity contribution in [1.29, 1.82) is 0 Å². The van der Waals surface area contributed by atoms with Gasteiger partial charge in [0.2, 0.25) is 0 Å². The minimum atomic E-state index is -0.0477. The molecule has 1 saturated carbocycles. The molecule has 0 aromatic heterocycles. The molecular formula is C16H23BrN2O2. The van der Waals surface area contributed by atoms with Gasteiger partial charge in [0, 0.05) is 12.1 Å². The van der Waals surface area contributed by atoms with E-state index in [9.17, 15) is 4.79 Å². The summed E-state index contributed by atoms with van der Waals surface area (Å²) < 4.78 is 6.43. The number of nitrogens with two attached hydrogens (primary N) is 1. The lowest BCUT2D eigenvalue weighted by Gasteiger charge is -2.14. The van der Waals surface area contributed by atoms with Gasteiger partial charge in [0.05, 0.1) is 4.47 Å². The van der Waals surface area contributed by atoms with E-state index in [1.54, 1.807) is 0 Å². The molecule has 1 atom stereocenters. The Hall–Kier alpha value is -1.07. The van der Waals surface area contributed by atoms with Gasteiger partial charge < -0.3 is 15.8 Å². The molecule has 5 heteroatoms. The predicted molar refractivity (Wildman–Crippen MR) is 87.4 cm³/mol. The first-order valence-electron chi connectivity index (χ1n) is 7.51. The van der Waals surface area contributed by atoms with Gasteiger partial charge in [-0.1, -0.05) is 18.9 Å². The van der Waals surface area contributed by atoms with Crippen LogP contribution < -0.4 is 15.8 Å². The number of carbonyl (C=O) groups excluding carboxylic acids is 1. The Morgan fingerprint density at radius 1 is 1.48 bits per heavy atom. The van der Waals surface area contributed by atoms with E-state index >= 15 is 0 Å². The summed E-state index contributed by atoms with van der Waals surface area (Å²) >= 11 is 3.48. The number of ether oxygens (including phenoxy) is 1. The zero-order valence-electron chi connectivity index (χ0n) is 12.4. The first kappa shape index (κ1) is 16.3. The fourth-order valence-corrected chi connectivity index (χ4v) is 3.18. The second kappa shape index (κ2) is 7.80. The zero-order valence-corrected chi connectivity index (χ0v) is 14.0. The molecule has 2 rings (SSSR count). The van der Waals surface area contributed by atoms with E-state index in [0.29, 0.717) is 11.8 Å². The molecule has 3 N–H and O–H groups in total. The number of carbonyl (C=O) groups is 1. The molecule has 0 heterocycles. The van der Waals surface area contributed by atoms with E-state index in [4.69, 9.17) is 10.5 Å². The highest BCUT2D eigenvalue weighted by atomic mass is 79.9. The molecule has 1 amide bonds. The Morgan fingerprint density at radius 3 is 2.81 bits per heavy atom. The van der Waals surface area contributed by atoms with Crippen LogP contribution in [0.15, 0.2) is 22.7 Å². The third-order valence-corrected chi connectivity index (χ3v) is 4.25. The molecule has 0 spiro atoms. The predicted octanol–water partition coefficient (Wildman–Crippen LogP) is 2.78. The molecule has 4 nitrogen and oxygen atoms in total. The number of amides is 1. The van der Waals surface area contributed by atoms with Gasteiger partial charge in [0.15, 0.2) is 6.61 Å². The molecule has 0 aliphatic heterocycles. The van der Waals surface area contributed by atoms with Crippen LogP contribution in [0.4, 0.5) is 0 Å². The van der Waals surface area contributed by atoms with Crippen LogP contribution in [0.25, 0.3) is 0 Å². The van der Waals surface area contributed by atoms with E-state index in [-0.39, 0.29) is 18.6 Å². The lowest BCUT2D eigenvalue weighted by Crippen LogP contribution is -2.36. The van der Waals surface area contributed by atoms with Crippen LogP contribution in [-0.2, 0) is 11.2 Å². The maximum absolute atomic E-state index is 11.8. The number of hydrogen-bond donors (Lipinski definition) is 2. The van der Waals surface area contributed by atoms with Crippen LogP contribution in [0.5, 0.6) is 5.75 Å². The van der Waals surface area contributed by atoms with Crippen molar-refractivity contribution in [2.75, 3.05) is 6.61 Å². The highest BCUT2D eigenvalue weighted by Crippen LogP contribution is 2.26. The van der Waals surface area contributed by atoms with Crippen molar-refractivity contribution in [1.82, 2.24) is 5.32 Å². The molecular weight excluding hydrogens is 332 g/mol. The second-order valence-electron chi connectivity index (χ2n) is 5.78.